The Balaban J connectivity index is 1.57. The van der Waals surface area contributed by atoms with Gasteiger partial charge in [-0.25, -0.2) is 0 Å². The van der Waals surface area contributed by atoms with Crippen LogP contribution in [0.15, 0.2) is 72.3 Å². The van der Waals surface area contributed by atoms with E-state index >= 15 is 0 Å². The lowest BCUT2D eigenvalue weighted by Gasteiger charge is -2.18. The van der Waals surface area contributed by atoms with Gasteiger partial charge in [0.05, 0.1) is 0 Å². The van der Waals surface area contributed by atoms with Crippen molar-refractivity contribution in [2.45, 2.75) is 46.0 Å². The molecule has 0 saturated carbocycles. The molecular weight excluding hydrogens is 316 g/mol. The first-order valence-electron chi connectivity index (χ1n) is 9.76. The van der Waals surface area contributed by atoms with Crippen molar-refractivity contribution >= 4 is 11.4 Å². The maximum atomic E-state index is 12.5. The lowest BCUT2D eigenvalue weighted by molar-refractivity contribution is -0.118. The van der Waals surface area contributed by atoms with Crippen molar-refractivity contribution in [3.05, 3.63) is 89.0 Å². The fraction of sp³-hybridized carbons (Fsp3) is 0.320. The van der Waals surface area contributed by atoms with Crippen LogP contribution < -0.4 is 0 Å². The summed E-state index contributed by atoms with van der Waals surface area (Å²) < 4.78 is 0. The van der Waals surface area contributed by atoms with E-state index < -0.39 is 0 Å². The molecule has 0 amide bonds. The van der Waals surface area contributed by atoms with E-state index in [1.54, 1.807) is 0 Å². The second kappa shape index (κ2) is 8.80. The van der Waals surface area contributed by atoms with Crippen LogP contribution in [0.25, 0.3) is 5.57 Å². The standard InChI is InChI=1S/C25H28O/c1-3-19-9-8-10-20(17-19)18-23(26)15-13-22-14-16-25(24(22)4-2)21-11-6-5-7-12-21/h5-12,14,16-17,24H,3-4,13,15,18H2,1-2H3. The van der Waals surface area contributed by atoms with Crippen molar-refractivity contribution in [1.82, 2.24) is 0 Å². The number of Topliss-reactive ketones (excluding diaryl/α,β-unsaturated/α-hetero) is 1. The molecule has 2 aromatic rings. The van der Waals surface area contributed by atoms with Crippen LogP contribution in [0.2, 0.25) is 0 Å². The van der Waals surface area contributed by atoms with Gasteiger partial charge in [-0.05, 0) is 41.5 Å². The molecule has 0 aliphatic heterocycles. The third-order valence-electron chi connectivity index (χ3n) is 5.31. The summed E-state index contributed by atoms with van der Waals surface area (Å²) in [6.45, 7) is 4.38. The number of benzene rings is 2. The van der Waals surface area contributed by atoms with E-state index in [1.165, 1.54) is 22.3 Å². The van der Waals surface area contributed by atoms with Crippen molar-refractivity contribution < 1.29 is 4.79 Å². The zero-order chi connectivity index (χ0) is 18.4. The lowest BCUT2D eigenvalue weighted by Crippen LogP contribution is -2.07. The molecule has 1 nitrogen and oxygen atoms in total. The Morgan fingerprint density at radius 2 is 1.69 bits per heavy atom. The molecule has 0 N–H and O–H groups in total. The molecule has 1 aliphatic rings. The van der Waals surface area contributed by atoms with Gasteiger partial charge in [0.25, 0.3) is 0 Å². The van der Waals surface area contributed by atoms with Crippen LogP contribution in [-0.4, -0.2) is 5.78 Å². The molecule has 2 aromatic carbocycles. The molecule has 0 radical (unpaired) electrons. The highest BCUT2D eigenvalue weighted by atomic mass is 16.1. The maximum Gasteiger partial charge on any atom is 0.137 e. The van der Waals surface area contributed by atoms with Gasteiger partial charge in [0.1, 0.15) is 5.78 Å². The van der Waals surface area contributed by atoms with E-state index in [1.807, 2.05) is 0 Å². The van der Waals surface area contributed by atoms with Crippen LogP contribution in [0.4, 0.5) is 0 Å². The van der Waals surface area contributed by atoms with E-state index in [2.05, 4.69) is 80.6 Å². The minimum atomic E-state index is 0.335. The number of allylic oxidation sites excluding steroid dienone is 4. The van der Waals surface area contributed by atoms with Crippen molar-refractivity contribution in [1.29, 1.82) is 0 Å². The number of hydrogen-bond donors (Lipinski definition) is 0. The Hall–Kier alpha value is -2.41. The average Bonchev–Trinajstić information content (AvgIpc) is 3.10. The molecule has 3 rings (SSSR count). The normalized spacial score (nSPS) is 16.3. The Morgan fingerprint density at radius 3 is 2.42 bits per heavy atom. The number of carbonyl (C=O) groups excluding carboxylic acids is 1. The Kier molecular flexibility index (Phi) is 6.22. The maximum absolute atomic E-state index is 12.5. The zero-order valence-electron chi connectivity index (χ0n) is 15.9. The second-order valence-corrected chi connectivity index (χ2v) is 7.08. The summed E-state index contributed by atoms with van der Waals surface area (Å²) in [7, 11) is 0. The van der Waals surface area contributed by atoms with Gasteiger partial charge in [0.2, 0.25) is 0 Å². The number of aryl methyl sites for hydroxylation is 1. The topological polar surface area (TPSA) is 17.1 Å². The predicted molar refractivity (Wildman–Crippen MR) is 110 cm³/mol. The lowest BCUT2D eigenvalue weighted by atomic mass is 9.86. The van der Waals surface area contributed by atoms with E-state index in [-0.39, 0.29) is 0 Å². The summed E-state index contributed by atoms with van der Waals surface area (Å²) in [5, 5.41) is 0. The van der Waals surface area contributed by atoms with Crippen LogP contribution in [-0.2, 0) is 17.6 Å². The van der Waals surface area contributed by atoms with Crippen LogP contribution in [0.5, 0.6) is 0 Å². The summed E-state index contributed by atoms with van der Waals surface area (Å²) >= 11 is 0. The minimum Gasteiger partial charge on any atom is -0.299 e. The molecule has 0 saturated heterocycles. The summed E-state index contributed by atoms with van der Waals surface area (Å²) in [6, 6.07) is 19.0. The largest absolute Gasteiger partial charge is 0.299 e. The predicted octanol–water partition coefficient (Wildman–Crippen LogP) is 6.19. The van der Waals surface area contributed by atoms with Crippen LogP contribution in [0.3, 0.4) is 0 Å². The monoisotopic (exact) mass is 344 g/mol. The van der Waals surface area contributed by atoms with Gasteiger partial charge in [0, 0.05) is 18.8 Å². The van der Waals surface area contributed by atoms with Crippen molar-refractivity contribution in [2.24, 2.45) is 5.92 Å². The van der Waals surface area contributed by atoms with Crippen molar-refractivity contribution in [3.63, 3.8) is 0 Å². The molecule has 0 fully saturated rings. The first-order chi connectivity index (χ1) is 12.7. The number of rotatable bonds is 8. The molecule has 134 valence electrons. The molecular formula is C25H28O. The van der Waals surface area contributed by atoms with E-state index in [0.717, 1.165) is 24.8 Å². The van der Waals surface area contributed by atoms with E-state index in [4.69, 9.17) is 0 Å². The van der Waals surface area contributed by atoms with Gasteiger partial charge in [0.15, 0.2) is 0 Å². The molecule has 0 heterocycles. The van der Waals surface area contributed by atoms with Crippen molar-refractivity contribution in [2.75, 3.05) is 0 Å². The van der Waals surface area contributed by atoms with Gasteiger partial charge < -0.3 is 0 Å². The Bertz CT molecular complexity index is 811. The molecule has 0 bridgehead atoms. The molecule has 0 spiro atoms. The molecule has 1 atom stereocenters. The number of hydrogen-bond acceptors (Lipinski definition) is 1. The summed E-state index contributed by atoms with van der Waals surface area (Å²) in [4.78, 5) is 12.5. The van der Waals surface area contributed by atoms with Gasteiger partial charge >= 0.3 is 0 Å². The fourth-order valence-electron chi connectivity index (χ4n) is 3.86. The van der Waals surface area contributed by atoms with Crippen LogP contribution in [0.1, 0.15) is 49.8 Å². The average molecular weight is 344 g/mol. The minimum absolute atomic E-state index is 0.335. The van der Waals surface area contributed by atoms with E-state index in [9.17, 15) is 4.79 Å². The third kappa shape index (κ3) is 4.40. The highest BCUT2D eigenvalue weighted by Crippen LogP contribution is 2.38. The summed E-state index contributed by atoms with van der Waals surface area (Å²) in [5.74, 6) is 0.788. The first kappa shape index (κ1) is 18.4. The molecule has 1 aliphatic carbocycles. The van der Waals surface area contributed by atoms with Crippen molar-refractivity contribution in [3.8, 4) is 0 Å². The smallest absolute Gasteiger partial charge is 0.137 e. The molecule has 0 aromatic heterocycles. The SMILES string of the molecule is CCc1cccc(CC(=O)CCC2=CC=C(c3ccccc3)C2CC)c1. The summed E-state index contributed by atoms with van der Waals surface area (Å²) in [5.41, 5.74) is 6.54. The second-order valence-electron chi connectivity index (χ2n) is 7.08. The number of carbonyl (C=O) groups is 1. The van der Waals surface area contributed by atoms with Crippen LogP contribution >= 0.6 is 0 Å². The zero-order valence-corrected chi connectivity index (χ0v) is 15.9. The van der Waals surface area contributed by atoms with Gasteiger partial charge in [-0.3, -0.25) is 4.79 Å². The molecule has 1 heteroatoms. The van der Waals surface area contributed by atoms with Crippen LogP contribution in [0, 0.1) is 5.92 Å². The quantitative estimate of drug-likeness (QED) is 0.558. The highest BCUT2D eigenvalue weighted by molar-refractivity contribution is 5.81. The Labute approximate surface area is 157 Å². The Morgan fingerprint density at radius 1 is 0.923 bits per heavy atom. The van der Waals surface area contributed by atoms with Gasteiger partial charge in [-0.2, -0.15) is 0 Å². The highest BCUT2D eigenvalue weighted by Gasteiger charge is 2.22. The third-order valence-corrected chi connectivity index (χ3v) is 5.31. The first-order valence-corrected chi connectivity index (χ1v) is 9.76. The number of ketones is 1. The fourth-order valence-corrected chi connectivity index (χ4v) is 3.86. The van der Waals surface area contributed by atoms with Gasteiger partial charge in [-0.15, -0.1) is 0 Å². The van der Waals surface area contributed by atoms with E-state index in [0.29, 0.717) is 24.5 Å². The molecule has 1 unspecified atom stereocenters. The van der Waals surface area contributed by atoms with Gasteiger partial charge in [-0.1, -0.05) is 86.2 Å². The molecule has 26 heavy (non-hydrogen) atoms. The summed E-state index contributed by atoms with van der Waals surface area (Å²) in [6.07, 6.45) is 8.64.